The molecule has 1 fully saturated rings. The van der Waals surface area contributed by atoms with Crippen LogP contribution in [0.2, 0.25) is 0 Å². The Balaban J connectivity index is 0.00000302. The first-order valence-corrected chi connectivity index (χ1v) is 13.4. The van der Waals surface area contributed by atoms with Crippen molar-refractivity contribution in [3.05, 3.63) is 105 Å². The summed E-state index contributed by atoms with van der Waals surface area (Å²) in [5.41, 5.74) is 5.38. The maximum atomic E-state index is 6.13. The van der Waals surface area contributed by atoms with Gasteiger partial charge in [-0.2, -0.15) is 5.10 Å². The molecule has 0 radical (unpaired) electrons. The summed E-state index contributed by atoms with van der Waals surface area (Å²) in [6.45, 7) is 7.74. The van der Waals surface area contributed by atoms with Crippen LogP contribution in [0.15, 0.2) is 86.4 Å². The molecule has 11 nitrogen and oxygen atoms in total. The summed E-state index contributed by atoms with van der Waals surface area (Å²) in [4.78, 5) is 11.1. The van der Waals surface area contributed by atoms with E-state index in [9.17, 15) is 0 Å². The quantitative estimate of drug-likeness (QED) is 0.262. The molecule has 0 amide bonds. The molecule has 7 rings (SSSR count). The first-order chi connectivity index (χ1) is 19.6. The minimum atomic E-state index is 0. The minimum Gasteiger partial charge on any atom is -0.358 e. The molecule has 1 N–H and O–H groups in total. The van der Waals surface area contributed by atoms with Crippen molar-refractivity contribution in [3.8, 4) is 17.2 Å². The molecule has 0 aliphatic carbocycles. The molecule has 0 spiro atoms. The number of aromatic nitrogens is 8. The van der Waals surface area contributed by atoms with E-state index in [1.54, 1.807) is 10.8 Å². The first kappa shape index (κ1) is 26.6. The zero-order valence-corrected chi connectivity index (χ0v) is 24.0. The van der Waals surface area contributed by atoms with Crippen LogP contribution >= 0.6 is 0 Å². The second-order valence-corrected chi connectivity index (χ2v) is 10.3. The smallest absolute Gasteiger partial charge is 0.358 e. The third kappa shape index (κ3) is 4.95. The monoisotopic (exact) mass is 582 g/mol. The average molecular weight is 583 g/mol. The molecule has 205 valence electrons. The van der Waals surface area contributed by atoms with E-state index in [4.69, 9.17) is 9.84 Å². The number of likely N-dealkylation sites (tertiary alicyclic amines) is 1. The van der Waals surface area contributed by atoms with E-state index in [2.05, 4.69) is 60.0 Å². The van der Waals surface area contributed by atoms with E-state index in [1.807, 2.05) is 77.2 Å². The second kappa shape index (κ2) is 10.8. The summed E-state index contributed by atoms with van der Waals surface area (Å²) in [6, 6.07) is 13.7. The summed E-state index contributed by atoms with van der Waals surface area (Å²) in [6.07, 6.45) is 10.7. The predicted molar refractivity (Wildman–Crippen MR) is 154 cm³/mol. The summed E-state index contributed by atoms with van der Waals surface area (Å²) >= 11 is 2.57. The van der Waals surface area contributed by atoms with Crippen LogP contribution in [0.25, 0.3) is 16.9 Å². The molecule has 0 atom stereocenters. The number of hydrogen-bond acceptors (Lipinski definition) is 8. The fraction of sp³-hybridized carbons (Fsp3) is 0.138. The third-order valence-corrected chi connectivity index (χ3v) is 7.74. The molecule has 0 bridgehead atoms. The number of pyridine rings is 1. The normalized spacial score (nSPS) is 13.6. The van der Waals surface area contributed by atoms with Crippen LogP contribution < -0.4 is 10.1 Å². The Kier molecular flexibility index (Phi) is 7.00. The van der Waals surface area contributed by atoms with Gasteiger partial charge in [-0.25, -0.2) is 9.50 Å². The number of hydrogen-bond donors (Lipinski definition) is 1. The van der Waals surface area contributed by atoms with E-state index in [0.29, 0.717) is 17.5 Å². The molecule has 41 heavy (non-hydrogen) atoms. The van der Waals surface area contributed by atoms with Crippen LogP contribution in [0.4, 0.5) is 11.5 Å². The molecule has 0 saturated carbocycles. The second-order valence-electron chi connectivity index (χ2n) is 9.58. The van der Waals surface area contributed by atoms with Gasteiger partial charge in [-0.05, 0) is 36.8 Å². The van der Waals surface area contributed by atoms with E-state index < -0.39 is 0 Å². The van der Waals surface area contributed by atoms with Gasteiger partial charge in [0.2, 0.25) is 0 Å². The Morgan fingerprint density at radius 1 is 1.02 bits per heavy atom. The van der Waals surface area contributed by atoms with Crippen molar-refractivity contribution in [2.24, 2.45) is 0 Å². The molecule has 6 aromatic rings. The Labute approximate surface area is 245 Å². The molecular weight excluding hydrogens is 555 g/mol. The van der Waals surface area contributed by atoms with Gasteiger partial charge < -0.3 is 12.2 Å². The third-order valence-electron chi connectivity index (χ3n) is 7.01. The molecule has 1 aliphatic heterocycles. The first-order valence-electron chi connectivity index (χ1n) is 12.7. The molecule has 6 heterocycles. The van der Waals surface area contributed by atoms with Crippen LogP contribution in [0.5, 0.6) is 11.5 Å². The van der Waals surface area contributed by atoms with Gasteiger partial charge in [0.15, 0.2) is 5.65 Å². The molecule has 1 saturated heterocycles. The summed E-state index contributed by atoms with van der Waals surface area (Å²) < 4.78 is 12.7. The molecule has 1 aliphatic rings. The largest absolute Gasteiger partial charge is 0.358 e. The zero-order valence-electron chi connectivity index (χ0n) is 22.6. The number of nitrogens with one attached hydrogen (secondary N) is 1. The Bertz CT molecular complexity index is 1900. The van der Waals surface area contributed by atoms with Crippen LogP contribution in [0.1, 0.15) is 17.2 Å². The van der Waals surface area contributed by atoms with Crippen molar-refractivity contribution in [1.82, 2.24) is 43.9 Å². The van der Waals surface area contributed by atoms with Crippen molar-refractivity contribution in [2.45, 2.75) is 12.8 Å². The Morgan fingerprint density at radius 3 is 2.66 bits per heavy atom. The number of anilines is 2. The summed E-state index contributed by atoms with van der Waals surface area (Å²) in [5.74, 6) is 2.52. The van der Waals surface area contributed by atoms with Gasteiger partial charge in [-0.15, -0.1) is 0 Å². The molecule has 0 unspecified atom stereocenters. The topological polar surface area (TPSA) is 103 Å². The average Bonchev–Trinajstić information content (AvgIpc) is 3.69. The van der Waals surface area contributed by atoms with Gasteiger partial charge in [0, 0.05) is 12.3 Å². The molecular formula is C29H27N10OV-. The van der Waals surface area contributed by atoms with Crippen LogP contribution in [0, 0.1) is 14.4 Å². The van der Waals surface area contributed by atoms with Gasteiger partial charge in [0.05, 0.1) is 0 Å². The van der Waals surface area contributed by atoms with Crippen molar-refractivity contribution < 1.29 is 21.7 Å². The number of ether oxygens (including phenoxy) is 1. The number of nitrogens with zero attached hydrogens (tertiary/aromatic N) is 9. The standard InChI is InChI=1S/C28H24N10O.CH3.V/c1-3-9-35-15-20(16-35)23-7-11-36(34-23)24-8-12-38-27(24)28(30-18-32-38)33-21-4-5-25(19(2)13-21)39-22-6-10-37-26(14-22)29-17-31-37;;/h3-8,10-14,17-18,20H,1,15-16H2,2H3,(H,30,32,33);1H3;/q;-1;. The van der Waals surface area contributed by atoms with Crippen molar-refractivity contribution in [2.75, 3.05) is 18.4 Å². The predicted octanol–water partition coefficient (Wildman–Crippen LogP) is 4.51. The zero-order chi connectivity index (χ0) is 27.2. The maximum Gasteiger partial charge on any atom is -0.358 e. The van der Waals surface area contributed by atoms with Crippen LogP contribution in [-0.2, 0) is 17.0 Å². The minimum absolute atomic E-state index is 0. The Hall–Kier alpha value is -4.58. The number of aryl methyl sites for hydroxylation is 1. The van der Waals surface area contributed by atoms with E-state index in [1.165, 1.54) is 6.33 Å². The van der Waals surface area contributed by atoms with Crippen LogP contribution in [-0.4, -0.2) is 61.3 Å². The molecule has 5 aromatic heterocycles. The summed E-state index contributed by atoms with van der Waals surface area (Å²) in [7, 11) is 0. The van der Waals surface area contributed by atoms with E-state index in [-0.39, 0.29) is 7.43 Å². The maximum absolute atomic E-state index is 6.13. The van der Waals surface area contributed by atoms with Gasteiger partial charge >= 0.3 is 147 Å². The summed E-state index contributed by atoms with van der Waals surface area (Å²) in [5, 5.41) is 16.9. The van der Waals surface area contributed by atoms with Crippen molar-refractivity contribution in [3.63, 3.8) is 0 Å². The number of benzene rings is 1. The van der Waals surface area contributed by atoms with E-state index in [0.717, 1.165) is 57.0 Å². The Morgan fingerprint density at radius 2 is 1.83 bits per heavy atom. The van der Waals surface area contributed by atoms with Gasteiger partial charge in [-0.1, -0.05) is 0 Å². The SMILES string of the molecule is C=C[C](=[V])N1CC(c2ccn(-c3ccn4ncnc(Nc5ccc(Oc6ccn7ncnc7c6)c(C)c5)c34)n2)C1.[CH3-]. The fourth-order valence-electron chi connectivity index (χ4n) is 4.85. The van der Waals surface area contributed by atoms with Gasteiger partial charge in [0.1, 0.15) is 17.8 Å². The molecule has 12 heteroatoms. The van der Waals surface area contributed by atoms with Crippen LogP contribution in [0.3, 0.4) is 0 Å². The molecule has 1 aromatic carbocycles. The van der Waals surface area contributed by atoms with Crippen molar-refractivity contribution in [1.29, 1.82) is 0 Å². The fourth-order valence-corrected chi connectivity index (χ4v) is 5.11. The van der Waals surface area contributed by atoms with Crippen molar-refractivity contribution >= 4 is 27.0 Å². The van der Waals surface area contributed by atoms with Gasteiger partial charge in [-0.3, -0.25) is 0 Å². The number of fused-ring (bicyclic) bond motifs is 2. The number of rotatable bonds is 8. The van der Waals surface area contributed by atoms with Gasteiger partial charge in [0.25, 0.3) is 0 Å². The van der Waals surface area contributed by atoms with E-state index >= 15 is 0 Å².